The molecule has 0 spiro atoms. The van der Waals surface area contributed by atoms with Crippen molar-refractivity contribution in [3.05, 3.63) is 41.4 Å². The summed E-state index contributed by atoms with van der Waals surface area (Å²) in [6.07, 6.45) is 9.88. The van der Waals surface area contributed by atoms with Crippen LogP contribution in [0.4, 0.5) is 0 Å². The lowest BCUT2D eigenvalue weighted by molar-refractivity contribution is -0.127. The van der Waals surface area contributed by atoms with E-state index >= 15 is 0 Å². The monoisotopic (exact) mass is 340 g/mol. The first-order valence-electron chi connectivity index (χ1n) is 9.19. The second-order valence-corrected chi connectivity index (χ2v) is 6.91. The summed E-state index contributed by atoms with van der Waals surface area (Å²) >= 11 is 0. The van der Waals surface area contributed by atoms with Crippen LogP contribution in [0.2, 0.25) is 0 Å². The fourth-order valence-electron chi connectivity index (χ4n) is 3.85. The number of amides is 1. The third-order valence-corrected chi connectivity index (χ3v) is 5.12. The number of hydrogen-bond acceptors (Lipinski definition) is 4. The minimum absolute atomic E-state index is 0.0162. The Morgan fingerprint density at radius 2 is 2.12 bits per heavy atom. The highest BCUT2D eigenvalue weighted by Crippen LogP contribution is 2.32. The third kappa shape index (κ3) is 3.25. The molecule has 0 N–H and O–H groups in total. The zero-order valence-electron chi connectivity index (χ0n) is 14.6. The number of nitrogens with zero attached hydrogens (tertiary/aromatic N) is 4. The van der Waals surface area contributed by atoms with Crippen molar-refractivity contribution in [1.29, 1.82) is 0 Å². The van der Waals surface area contributed by atoms with Crippen molar-refractivity contribution >= 4 is 12.0 Å². The van der Waals surface area contributed by atoms with E-state index in [1.165, 1.54) is 12.8 Å². The fourth-order valence-corrected chi connectivity index (χ4v) is 3.85. The topological polar surface area (TPSA) is 64.2 Å². The van der Waals surface area contributed by atoms with Crippen LogP contribution in [0.3, 0.4) is 0 Å². The van der Waals surface area contributed by atoms with E-state index in [2.05, 4.69) is 14.8 Å². The molecule has 1 amide bonds. The second kappa shape index (κ2) is 6.86. The molecule has 2 aromatic rings. The van der Waals surface area contributed by atoms with Crippen molar-refractivity contribution < 1.29 is 9.21 Å². The summed E-state index contributed by atoms with van der Waals surface area (Å²) in [5.74, 6) is 3.61. The van der Waals surface area contributed by atoms with Gasteiger partial charge in [-0.15, -0.1) is 10.2 Å². The number of carbonyl (C=O) groups excluding carboxylic acids is 1. The summed E-state index contributed by atoms with van der Waals surface area (Å²) in [6, 6.07) is 3.81. The molecule has 1 fully saturated rings. The van der Waals surface area contributed by atoms with Gasteiger partial charge in [0.2, 0.25) is 5.91 Å². The van der Waals surface area contributed by atoms with E-state index < -0.39 is 0 Å². The van der Waals surface area contributed by atoms with Crippen LogP contribution in [0.5, 0.6) is 0 Å². The minimum Gasteiger partial charge on any atom is -0.462 e. The van der Waals surface area contributed by atoms with Crippen molar-refractivity contribution in [2.75, 3.05) is 6.54 Å². The van der Waals surface area contributed by atoms with Crippen LogP contribution in [0.1, 0.15) is 61.3 Å². The van der Waals surface area contributed by atoms with Gasteiger partial charge in [-0.25, -0.2) is 0 Å². The van der Waals surface area contributed by atoms with Gasteiger partial charge in [0.25, 0.3) is 0 Å². The Bertz CT molecular complexity index is 789. The Kier molecular flexibility index (Phi) is 4.42. The van der Waals surface area contributed by atoms with E-state index in [-0.39, 0.29) is 11.9 Å². The highest BCUT2D eigenvalue weighted by atomic mass is 16.3. The number of rotatable bonds is 3. The molecule has 6 nitrogen and oxygen atoms in total. The van der Waals surface area contributed by atoms with Crippen molar-refractivity contribution in [2.24, 2.45) is 0 Å². The Morgan fingerprint density at radius 3 is 2.96 bits per heavy atom. The van der Waals surface area contributed by atoms with Crippen LogP contribution in [0.15, 0.2) is 22.6 Å². The lowest BCUT2D eigenvalue weighted by atomic mass is 10.2. The first-order valence-corrected chi connectivity index (χ1v) is 9.19. The Hall–Kier alpha value is -2.37. The summed E-state index contributed by atoms with van der Waals surface area (Å²) in [4.78, 5) is 14.6. The Labute approximate surface area is 147 Å². The van der Waals surface area contributed by atoms with Gasteiger partial charge < -0.3 is 13.9 Å². The molecule has 0 aliphatic carbocycles. The smallest absolute Gasteiger partial charge is 0.247 e. The molecule has 0 aromatic carbocycles. The fraction of sp³-hybridized carbons (Fsp3) is 0.526. The van der Waals surface area contributed by atoms with Crippen molar-refractivity contribution in [3.63, 3.8) is 0 Å². The van der Waals surface area contributed by atoms with E-state index in [9.17, 15) is 4.79 Å². The lowest BCUT2D eigenvalue weighted by Crippen LogP contribution is -2.30. The van der Waals surface area contributed by atoms with E-state index in [4.69, 9.17) is 4.42 Å². The van der Waals surface area contributed by atoms with Crippen LogP contribution in [0, 0.1) is 6.92 Å². The van der Waals surface area contributed by atoms with Gasteiger partial charge in [-0.3, -0.25) is 4.79 Å². The minimum atomic E-state index is 0.0162. The molecule has 0 bridgehead atoms. The highest BCUT2D eigenvalue weighted by molar-refractivity contribution is 5.91. The first kappa shape index (κ1) is 16.1. The van der Waals surface area contributed by atoms with Crippen LogP contribution in [-0.2, 0) is 17.8 Å². The van der Waals surface area contributed by atoms with Gasteiger partial charge in [0.05, 0.1) is 6.04 Å². The number of aryl methyl sites for hydroxylation is 2. The van der Waals surface area contributed by atoms with Crippen molar-refractivity contribution in [1.82, 2.24) is 19.7 Å². The normalized spacial score (nSPS) is 20.8. The Morgan fingerprint density at radius 1 is 1.20 bits per heavy atom. The quantitative estimate of drug-likeness (QED) is 0.804. The summed E-state index contributed by atoms with van der Waals surface area (Å²) < 4.78 is 7.75. The maximum atomic E-state index is 12.7. The number of fused-ring (bicyclic) bond motifs is 1. The molecule has 2 aliphatic heterocycles. The van der Waals surface area contributed by atoms with Gasteiger partial charge in [-0.1, -0.05) is 6.42 Å². The third-order valence-electron chi connectivity index (χ3n) is 5.12. The summed E-state index contributed by atoms with van der Waals surface area (Å²) in [6.45, 7) is 3.64. The van der Waals surface area contributed by atoms with Gasteiger partial charge in [0.15, 0.2) is 5.82 Å². The molecular formula is C19H24N4O2. The number of furan rings is 1. The van der Waals surface area contributed by atoms with Gasteiger partial charge in [-0.05, 0) is 50.8 Å². The van der Waals surface area contributed by atoms with E-state index in [1.54, 1.807) is 12.2 Å². The van der Waals surface area contributed by atoms with Crippen LogP contribution >= 0.6 is 0 Å². The molecule has 6 heteroatoms. The summed E-state index contributed by atoms with van der Waals surface area (Å²) in [5.41, 5.74) is 0. The van der Waals surface area contributed by atoms with E-state index in [1.807, 2.05) is 24.0 Å². The lowest BCUT2D eigenvalue weighted by Gasteiger charge is -2.23. The molecular weight excluding hydrogens is 316 g/mol. The molecule has 1 atom stereocenters. The average Bonchev–Trinajstić information content (AvgIpc) is 3.29. The molecule has 2 aromatic heterocycles. The van der Waals surface area contributed by atoms with E-state index in [0.29, 0.717) is 5.76 Å². The number of hydrogen-bond donors (Lipinski definition) is 0. The zero-order valence-corrected chi connectivity index (χ0v) is 14.6. The van der Waals surface area contributed by atoms with Crippen LogP contribution in [0.25, 0.3) is 6.08 Å². The maximum absolute atomic E-state index is 12.7. The van der Waals surface area contributed by atoms with Crippen LogP contribution in [-0.4, -0.2) is 32.1 Å². The molecule has 1 saturated heterocycles. The zero-order chi connectivity index (χ0) is 17.2. The van der Waals surface area contributed by atoms with E-state index in [0.717, 1.165) is 56.2 Å². The molecule has 4 rings (SSSR count). The van der Waals surface area contributed by atoms with Crippen LogP contribution < -0.4 is 0 Å². The van der Waals surface area contributed by atoms with Gasteiger partial charge in [0, 0.05) is 25.6 Å². The predicted octanol–water partition coefficient (Wildman–Crippen LogP) is 3.28. The summed E-state index contributed by atoms with van der Waals surface area (Å²) in [7, 11) is 0. The molecule has 0 radical (unpaired) electrons. The van der Waals surface area contributed by atoms with Gasteiger partial charge in [0.1, 0.15) is 17.3 Å². The number of carbonyl (C=O) groups is 1. The molecule has 25 heavy (non-hydrogen) atoms. The number of likely N-dealkylation sites (tertiary alicyclic amines) is 1. The molecule has 4 heterocycles. The first-order chi connectivity index (χ1) is 12.2. The largest absolute Gasteiger partial charge is 0.462 e. The number of aromatic nitrogens is 3. The van der Waals surface area contributed by atoms with Gasteiger partial charge in [-0.2, -0.15) is 0 Å². The Balaban J connectivity index is 1.53. The molecule has 0 saturated carbocycles. The average molecular weight is 340 g/mol. The van der Waals surface area contributed by atoms with Crippen molar-refractivity contribution in [2.45, 2.75) is 58.0 Å². The molecule has 2 aliphatic rings. The maximum Gasteiger partial charge on any atom is 0.247 e. The SMILES string of the molecule is Cc1ccc(C=CC(=O)N2CCCC2c2nnc3n2CCCCC3)o1. The predicted molar refractivity (Wildman–Crippen MR) is 93.7 cm³/mol. The summed E-state index contributed by atoms with van der Waals surface area (Å²) in [5, 5.41) is 8.85. The van der Waals surface area contributed by atoms with Gasteiger partial charge >= 0.3 is 0 Å². The second-order valence-electron chi connectivity index (χ2n) is 6.91. The molecule has 132 valence electrons. The molecule has 1 unspecified atom stereocenters. The van der Waals surface area contributed by atoms with Crippen molar-refractivity contribution in [3.8, 4) is 0 Å². The standard InChI is InChI=1S/C19H24N4O2/c1-14-8-9-15(25-14)10-11-18(24)22-13-5-6-16(22)19-21-20-17-7-3-2-4-12-23(17)19/h8-11,16H,2-7,12-13H2,1H3. The highest BCUT2D eigenvalue weighted by Gasteiger charge is 2.33.